The molecule has 0 fully saturated rings. The van der Waals surface area contributed by atoms with Gasteiger partial charge in [-0.25, -0.2) is 10.1 Å². The lowest BCUT2D eigenvalue weighted by atomic mass is 10.2. The topological polar surface area (TPSA) is 143 Å². The van der Waals surface area contributed by atoms with Crippen molar-refractivity contribution in [1.82, 2.24) is 24.6 Å². The Bertz CT molecular complexity index is 1110. The molecule has 172 valence electrons. The predicted octanol–water partition coefficient (Wildman–Crippen LogP) is 2.37. The Hall–Kier alpha value is -2.85. The van der Waals surface area contributed by atoms with Gasteiger partial charge >= 0.3 is 0 Å². The molecule has 0 aliphatic rings. The van der Waals surface area contributed by atoms with Crippen molar-refractivity contribution in [2.24, 2.45) is 0 Å². The Morgan fingerprint density at radius 2 is 2.03 bits per heavy atom. The molecule has 0 bridgehead atoms. The van der Waals surface area contributed by atoms with E-state index >= 15 is 0 Å². The maximum absolute atomic E-state index is 13.3. The first kappa shape index (κ1) is 23.8. The second-order valence-electron chi connectivity index (χ2n) is 7.13. The molecule has 12 heteroatoms. The van der Waals surface area contributed by atoms with Crippen LogP contribution in [0.3, 0.4) is 0 Å². The summed E-state index contributed by atoms with van der Waals surface area (Å²) in [5, 5.41) is 2.79. The summed E-state index contributed by atoms with van der Waals surface area (Å²) in [5.41, 5.74) is 7.58. The monoisotopic (exact) mass is 462 g/mol. The van der Waals surface area contributed by atoms with Crippen LogP contribution in [-0.2, 0) is 31.8 Å². The van der Waals surface area contributed by atoms with E-state index in [9.17, 15) is 9.36 Å². The molecule has 2 heterocycles. The van der Waals surface area contributed by atoms with Gasteiger partial charge in [0.25, 0.3) is 7.52 Å². The zero-order valence-corrected chi connectivity index (χ0v) is 19.1. The number of Topliss-reactive ketones (excluding diaryl/α,β-unsaturated/α-hetero) is 1. The molecule has 2 atom stereocenters. The third-order valence-corrected chi connectivity index (χ3v) is 6.51. The number of fused-ring (bicyclic) bond motifs is 1. The summed E-state index contributed by atoms with van der Waals surface area (Å²) in [4.78, 5) is 24.1. The highest BCUT2D eigenvalue weighted by Gasteiger charge is 2.27. The van der Waals surface area contributed by atoms with Gasteiger partial charge in [0, 0.05) is 6.54 Å². The second kappa shape index (κ2) is 10.6. The number of carbonyl (C=O) groups is 1. The summed E-state index contributed by atoms with van der Waals surface area (Å²) in [6.07, 6.45) is 1.37. The zero-order chi connectivity index (χ0) is 23.1. The van der Waals surface area contributed by atoms with Gasteiger partial charge in [0.2, 0.25) is 11.8 Å². The molecular weight excluding hydrogens is 435 g/mol. The summed E-state index contributed by atoms with van der Waals surface area (Å²) < 4.78 is 31.6. The average Bonchev–Trinajstić information content (AvgIpc) is 3.18. The number of imidazole rings is 1. The minimum absolute atomic E-state index is 0.0678. The Balaban J connectivity index is 1.63. The number of ether oxygens (including phenoxy) is 2. The van der Waals surface area contributed by atoms with E-state index in [1.165, 1.54) is 14.0 Å². The van der Waals surface area contributed by atoms with Gasteiger partial charge in [0.15, 0.2) is 11.2 Å². The SMILES string of the molecule is COc1nc(N)nc2c1ncn2CCOCP(=O)(N[C@@H](C)C(C)=O)OCc1ccccc1. The standard InChI is InChI=1S/C20H27N6O5P/c1-14(15(2)27)25-32(28,31-11-16-7-5-4-6-8-16)13-30-10-9-26-12-22-17-18(26)23-20(21)24-19(17)29-3/h4-8,12,14H,9-11,13H2,1-3H3,(H,25,28)(H2,21,23,24)/t14-,32?/m0/s1. The van der Waals surface area contributed by atoms with Crippen molar-refractivity contribution in [1.29, 1.82) is 0 Å². The summed E-state index contributed by atoms with van der Waals surface area (Å²) in [5.74, 6) is 0.205. The van der Waals surface area contributed by atoms with E-state index in [1.807, 2.05) is 30.3 Å². The van der Waals surface area contributed by atoms with Gasteiger partial charge in [-0.1, -0.05) is 30.3 Å². The van der Waals surface area contributed by atoms with E-state index in [1.54, 1.807) is 17.8 Å². The van der Waals surface area contributed by atoms with Crippen molar-refractivity contribution in [2.45, 2.75) is 33.0 Å². The highest BCUT2D eigenvalue weighted by atomic mass is 31.2. The lowest BCUT2D eigenvalue weighted by molar-refractivity contribution is -0.118. The fourth-order valence-electron chi connectivity index (χ4n) is 2.84. The van der Waals surface area contributed by atoms with Crippen molar-refractivity contribution in [3.05, 3.63) is 42.2 Å². The molecule has 0 aliphatic heterocycles. The third kappa shape index (κ3) is 6.10. The van der Waals surface area contributed by atoms with Gasteiger partial charge < -0.3 is 24.3 Å². The van der Waals surface area contributed by atoms with Crippen molar-refractivity contribution < 1.29 is 23.4 Å². The normalized spacial score (nSPS) is 14.2. The highest BCUT2D eigenvalue weighted by Crippen LogP contribution is 2.44. The molecule has 3 aromatic rings. The van der Waals surface area contributed by atoms with Crippen LogP contribution in [0.5, 0.6) is 5.88 Å². The van der Waals surface area contributed by atoms with Crippen LogP contribution in [0.4, 0.5) is 5.95 Å². The Kier molecular flexibility index (Phi) is 7.92. The molecule has 0 saturated heterocycles. The number of nitrogen functional groups attached to an aromatic ring is 1. The number of nitrogens with one attached hydrogen (secondary N) is 1. The van der Waals surface area contributed by atoms with Gasteiger partial charge in [-0.2, -0.15) is 9.97 Å². The smallest absolute Gasteiger partial charge is 0.295 e. The molecule has 0 amide bonds. The lowest BCUT2D eigenvalue weighted by Gasteiger charge is -2.22. The summed E-state index contributed by atoms with van der Waals surface area (Å²) in [6, 6.07) is 8.72. The first-order valence-corrected chi connectivity index (χ1v) is 11.8. The van der Waals surface area contributed by atoms with Crippen molar-refractivity contribution >= 4 is 30.4 Å². The number of carbonyl (C=O) groups excluding carboxylic acids is 1. The van der Waals surface area contributed by atoms with E-state index in [0.717, 1.165) is 5.56 Å². The largest absolute Gasteiger partial charge is 0.479 e. The predicted molar refractivity (Wildman–Crippen MR) is 119 cm³/mol. The van der Waals surface area contributed by atoms with E-state index in [0.29, 0.717) is 17.7 Å². The van der Waals surface area contributed by atoms with Crippen LogP contribution in [0.25, 0.3) is 11.2 Å². The number of anilines is 1. The Labute approximate surface area is 185 Å². The number of nitrogens with zero attached hydrogens (tertiary/aromatic N) is 4. The van der Waals surface area contributed by atoms with Crippen LogP contribution in [0, 0.1) is 0 Å². The number of hydrogen-bond donors (Lipinski definition) is 2. The van der Waals surface area contributed by atoms with Crippen LogP contribution in [-0.4, -0.2) is 51.4 Å². The first-order chi connectivity index (χ1) is 15.3. The van der Waals surface area contributed by atoms with E-state index in [2.05, 4.69) is 20.0 Å². The molecule has 0 saturated carbocycles. The van der Waals surface area contributed by atoms with Crippen LogP contribution < -0.4 is 15.6 Å². The number of benzene rings is 1. The van der Waals surface area contributed by atoms with Gasteiger partial charge in [-0.15, -0.1) is 0 Å². The molecule has 3 rings (SSSR count). The first-order valence-electron chi connectivity index (χ1n) is 9.97. The molecule has 1 unspecified atom stereocenters. The molecule has 2 aromatic heterocycles. The summed E-state index contributed by atoms with van der Waals surface area (Å²) in [6.45, 7) is 3.76. The molecule has 3 N–H and O–H groups in total. The minimum atomic E-state index is -3.45. The number of nitrogens with two attached hydrogens (primary N) is 1. The fraction of sp³-hybridized carbons (Fsp3) is 0.400. The zero-order valence-electron chi connectivity index (χ0n) is 18.2. The molecule has 1 aromatic carbocycles. The van der Waals surface area contributed by atoms with Crippen molar-refractivity contribution in [3.63, 3.8) is 0 Å². The number of rotatable bonds is 12. The molecule has 0 aliphatic carbocycles. The van der Waals surface area contributed by atoms with Gasteiger partial charge in [0.05, 0.1) is 32.7 Å². The maximum atomic E-state index is 13.3. The highest BCUT2D eigenvalue weighted by molar-refractivity contribution is 7.56. The number of methoxy groups -OCH3 is 1. The van der Waals surface area contributed by atoms with Crippen LogP contribution in [0.15, 0.2) is 36.7 Å². The number of aromatic nitrogens is 4. The second-order valence-corrected chi connectivity index (χ2v) is 9.25. The Morgan fingerprint density at radius 3 is 2.72 bits per heavy atom. The number of hydrogen-bond acceptors (Lipinski definition) is 9. The number of ketones is 1. The molecule has 11 nitrogen and oxygen atoms in total. The summed E-state index contributed by atoms with van der Waals surface area (Å²) >= 11 is 0. The molecular formula is C20H27N6O5P. The quantitative estimate of drug-likeness (QED) is 0.304. The van der Waals surface area contributed by atoms with Crippen LogP contribution >= 0.6 is 7.52 Å². The van der Waals surface area contributed by atoms with E-state index < -0.39 is 13.6 Å². The summed E-state index contributed by atoms with van der Waals surface area (Å²) in [7, 11) is -1.98. The van der Waals surface area contributed by atoms with Crippen LogP contribution in [0.2, 0.25) is 0 Å². The van der Waals surface area contributed by atoms with E-state index in [4.69, 9.17) is 19.7 Å². The van der Waals surface area contributed by atoms with Gasteiger partial charge in [-0.05, 0) is 19.4 Å². The third-order valence-electron chi connectivity index (χ3n) is 4.66. The molecule has 32 heavy (non-hydrogen) atoms. The molecule has 0 radical (unpaired) electrons. The Morgan fingerprint density at radius 1 is 1.28 bits per heavy atom. The maximum Gasteiger partial charge on any atom is 0.295 e. The van der Waals surface area contributed by atoms with Gasteiger partial charge in [0.1, 0.15) is 12.1 Å². The minimum Gasteiger partial charge on any atom is -0.479 e. The lowest BCUT2D eigenvalue weighted by Crippen LogP contribution is -2.32. The van der Waals surface area contributed by atoms with Crippen molar-refractivity contribution in [2.75, 3.05) is 25.8 Å². The average molecular weight is 462 g/mol. The molecule has 0 spiro atoms. The van der Waals surface area contributed by atoms with Crippen molar-refractivity contribution in [3.8, 4) is 5.88 Å². The van der Waals surface area contributed by atoms with Gasteiger partial charge in [-0.3, -0.25) is 9.36 Å². The van der Waals surface area contributed by atoms with E-state index in [-0.39, 0.29) is 37.2 Å². The van der Waals surface area contributed by atoms with Crippen LogP contribution in [0.1, 0.15) is 19.4 Å². The fourth-order valence-corrected chi connectivity index (χ4v) is 4.56.